The first-order valence-electron chi connectivity index (χ1n) is 9.29. The Hall–Kier alpha value is -1.97. The second-order valence-corrected chi connectivity index (χ2v) is 9.37. The Morgan fingerprint density at radius 2 is 2.00 bits per heavy atom. The molecule has 0 fully saturated rings. The van der Waals surface area contributed by atoms with E-state index in [0.29, 0.717) is 26.4 Å². The van der Waals surface area contributed by atoms with E-state index in [1.165, 1.54) is 11.3 Å². The van der Waals surface area contributed by atoms with E-state index in [9.17, 15) is 9.59 Å². The minimum absolute atomic E-state index is 0.0267. The van der Waals surface area contributed by atoms with Crippen LogP contribution in [0.4, 0.5) is 5.00 Å². The van der Waals surface area contributed by atoms with Crippen molar-refractivity contribution in [2.75, 3.05) is 5.32 Å². The van der Waals surface area contributed by atoms with Crippen LogP contribution in [-0.4, -0.2) is 23.0 Å². The number of carbonyl (C=O) groups excluding carboxylic acids is 2. The highest BCUT2D eigenvalue weighted by atomic mass is 79.9. The molecule has 3 rings (SSSR count). The maximum Gasteiger partial charge on any atom is 0.257 e. The molecule has 0 radical (unpaired) electrons. The Kier molecular flexibility index (Phi) is 6.92. The van der Waals surface area contributed by atoms with Gasteiger partial charge in [0.1, 0.15) is 10.8 Å². The van der Waals surface area contributed by atoms with Gasteiger partial charge in [-0.2, -0.15) is 0 Å². The zero-order valence-corrected chi connectivity index (χ0v) is 19.4. The van der Waals surface area contributed by atoms with Crippen molar-refractivity contribution in [2.45, 2.75) is 45.6 Å². The van der Waals surface area contributed by atoms with Crippen molar-refractivity contribution in [3.63, 3.8) is 0 Å². The molecule has 154 valence electrons. The monoisotopic (exact) mass is 495 g/mol. The lowest BCUT2D eigenvalue weighted by atomic mass is 9.95. The van der Waals surface area contributed by atoms with Gasteiger partial charge in [0, 0.05) is 10.4 Å². The molecule has 0 saturated carbocycles. The molecule has 6 nitrogen and oxygen atoms in total. The SMILES string of the molecule is CC(C)Oc1ccc(C(=O)NC(=S)Nc2sc3c(c2C(N)=O)CCCC3)cc1Br. The Morgan fingerprint density at radius 1 is 1.28 bits per heavy atom. The third kappa shape index (κ3) is 5.15. The van der Waals surface area contributed by atoms with Gasteiger partial charge in [0.25, 0.3) is 11.8 Å². The number of primary amides is 1. The van der Waals surface area contributed by atoms with Crippen molar-refractivity contribution >= 4 is 61.4 Å². The molecule has 1 aliphatic rings. The number of anilines is 1. The summed E-state index contributed by atoms with van der Waals surface area (Å²) < 4.78 is 6.34. The first-order chi connectivity index (χ1) is 13.8. The fraction of sp³-hybridized carbons (Fsp3) is 0.350. The summed E-state index contributed by atoms with van der Waals surface area (Å²) in [5.41, 5.74) is 7.52. The van der Waals surface area contributed by atoms with E-state index in [4.69, 9.17) is 22.7 Å². The molecule has 1 aromatic heterocycles. The van der Waals surface area contributed by atoms with Crippen LogP contribution in [0.5, 0.6) is 5.75 Å². The van der Waals surface area contributed by atoms with Crippen LogP contribution in [0.1, 0.15) is 57.8 Å². The first-order valence-corrected chi connectivity index (χ1v) is 11.3. The normalized spacial score (nSPS) is 13.0. The highest BCUT2D eigenvalue weighted by Crippen LogP contribution is 2.37. The molecule has 4 N–H and O–H groups in total. The van der Waals surface area contributed by atoms with Crippen molar-refractivity contribution < 1.29 is 14.3 Å². The van der Waals surface area contributed by atoms with Gasteiger partial charge in [-0.25, -0.2) is 0 Å². The fourth-order valence-corrected chi connectivity index (χ4v) is 5.25. The number of amides is 2. The number of rotatable bonds is 5. The number of benzene rings is 1. The van der Waals surface area contributed by atoms with Gasteiger partial charge in [0.15, 0.2) is 5.11 Å². The van der Waals surface area contributed by atoms with Gasteiger partial charge in [-0.05, 0) is 91.4 Å². The largest absolute Gasteiger partial charge is 0.490 e. The third-order valence-electron chi connectivity index (χ3n) is 4.43. The second-order valence-electron chi connectivity index (χ2n) is 7.00. The molecule has 0 bridgehead atoms. The molecular formula is C20H22BrN3O3S2. The highest BCUT2D eigenvalue weighted by Gasteiger charge is 2.24. The number of ether oxygens (including phenoxy) is 1. The van der Waals surface area contributed by atoms with Crippen LogP contribution >= 0.6 is 39.5 Å². The van der Waals surface area contributed by atoms with Crippen LogP contribution in [0.3, 0.4) is 0 Å². The number of nitrogens with two attached hydrogens (primary N) is 1. The van der Waals surface area contributed by atoms with E-state index in [1.807, 2.05) is 13.8 Å². The van der Waals surface area contributed by atoms with E-state index >= 15 is 0 Å². The van der Waals surface area contributed by atoms with Gasteiger partial charge in [0.05, 0.1) is 16.1 Å². The molecule has 0 spiro atoms. The molecule has 2 aromatic rings. The summed E-state index contributed by atoms with van der Waals surface area (Å²) in [4.78, 5) is 25.7. The van der Waals surface area contributed by atoms with E-state index < -0.39 is 5.91 Å². The quantitative estimate of drug-likeness (QED) is 0.534. The fourth-order valence-electron chi connectivity index (χ4n) is 3.22. The van der Waals surface area contributed by atoms with Gasteiger partial charge in [-0.15, -0.1) is 11.3 Å². The molecule has 2 amide bonds. The number of nitrogens with one attached hydrogen (secondary N) is 2. The third-order valence-corrected chi connectivity index (χ3v) is 6.46. The minimum Gasteiger partial charge on any atom is -0.490 e. The number of thiocarbonyl (C=S) groups is 1. The molecule has 9 heteroatoms. The Morgan fingerprint density at radius 3 is 2.66 bits per heavy atom. The highest BCUT2D eigenvalue weighted by molar-refractivity contribution is 9.10. The smallest absolute Gasteiger partial charge is 0.257 e. The molecule has 0 unspecified atom stereocenters. The number of carbonyl (C=O) groups is 2. The average molecular weight is 496 g/mol. The van der Waals surface area contributed by atoms with Gasteiger partial charge < -0.3 is 15.8 Å². The zero-order valence-electron chi connectivity index (χ0n) is 16.1. The second kappa shape index (κ2) is 9.23. The van der Waals surface area contributed by atoms with Crippen molar-refractivity contribution in [1.29, 1.82) is 0 Å². The number of thiophene rings is 1. The first kappa shape index (κ1) is 21.7. The minimum atomic E-state index is -0.481. The van der Waals surface area contributed by atoms with Crippen LogP contribution in [0, 0.1) is 0 Å². The van der Waals surface area contributed by atoms with Crippen LogP contribution in [0.25, 0.3) is 0 Å². The number of hydrogen-bond donors (Lipinski definition) is 3. The van der Waals surface area contributed by atoms with Gasteiger partial charge >= 0.3 is 0 Å². The molecular weight excluding hydrogens is 474 g/mol. The summed E-state index contributed by atoms with van der Waals surface area (Å²) in [6, 6.07) is 5.07. The number of halogens is 1. The molecule has 0 atom stereocenters. The lowest BCUT2D eigenvalue weighted by Crippen LogP contribution is -2.34. The van der Waals surface area contributed by atoms with Crippen molar-refractivity contribution in [3.05, 3.63) is 44.2 Å². The van der Waals surface area contributed by atoms with E-state index in [0.717, 1.165) is 36.1 Å². The molecule has 1 aromatic carbocycles. The molecule has 1 heterocycles. The maximum atomic E-state index is 12.6. The van der Waals surface area contributed by atoms with Crippen LogP contribution in [-0.2, 0) is 12.8 Å². The predicted octanol–water partition coefficient (Wildman–Crippen LogP) is 4.40. The molecule has 0 saturated heterocycles. The molecule has 1 aliphatic carbocycles. The predicted molar refractivity (Wildman–Crippen MR) is 123 cm³/mol. The average Bonchev–Trinajstić information content (AvgIpc) is 3.00. The Balaban J connectivity index is 1.71. The summed E-state index contributed by atoms with van der Waals surface area (Å²) >= 11 is 10.2. The maximum absolute atomic E-state index is 12.6. The number of fused-ring (bicyclic) bond motifs is 1. The topological polar surface area (TPSA) is 93.4 Å². The van der Waals surface area contributed by atoms with Crippen molar-refractivity contribution in [2.24, 2.45) is 5.73 Å². The summed E-state index contributed by atoms with van der Waals surface area (Å²) in [5.74, 6) is -0.181. The van der Waals surface area contributed by atoms with Crippen LogP contribution < -0.4 is 21.1 Å². The van der Waals surface area contributed by atoms with Gasteiger partial charge in [-0.1, -0.05) is 0 Å². The summed E-state index contributed by atoms with van der Waals surface area (Å²) in [7, 11) is 0. The van der Waals surface area contributed by atoms with Crippen molar-refractivity contribution in [1.82, 2.24) is 5.32 Å². The standard InChI is InChI=1S/C20H22BrN3O3S2/c1-10(2)27-14-8-7-11(9-13(14)21)18(26)23-20(28)24-19-16(17(22)25)12-5-3-4-6-15(12)29-19/h7-10H,3-6H2,1-2H3,(H2,22,25)(H2,23,24,26,28). The van der Waals surface area contributed by atoms with E-state index in [1.54, 1.807) is 18.2 Å². The Bertz CT molecular complexity index is 972. The summed E-state index contributed by atoms with van der Waals surface area (Å²) in [6.45, 7) is 3.86. The molecule has 29 heavy (non-hydrogen) atoms. The lowest BCUT2D eigenvalue weighted by molar-refractivity contribution is 0.0975. The van der Waals surface area contributed by atoms with Crippen LogP contribution in [0.2, 0.25) is 0 Å². The number of aryl methyl sites for hydroxylation is 1. The summed E-state index contributed by atoms with van der Waals surface area (Å²) in [5, 5.41) is 6.35. The van der Waals surface area contributed by atoms with E-state index in [2.05, 4.69) is 26.6 Å². The summed E-state index contributed by atoms with van der Waals surface area (Å²) in [6.07, 6.45) is 3.93. The Labute approximate surface area is 187 Å². The number of hydrogen-bond acceptors (Lipinski definition) is 5. The van der Waals surface area contributed by atoms with Crippen molar-refractivity contribution in [3.8, 4) is 5.75 Å². The van der Waals surface area contributed by atoms with Gasteiger partial charge in [-0.3, -0.25) is 14.9 Å². The lowest BCUT2D eigenvalue weighted by Gasteiger charge is -2.13. The van der Waals surface area contributed by atoms with Gasteiger partial charge in [0.2, 0.25) is 0 Å². The van der Waals surface area contributed by atoms with Crippen LogP contribution in [0.15, 0.2) is 22.7 Å². The molecule has 0 aliphatic heterocycles. The van der Waals surface area contributed by atoms with E-state index in [-0.39, 0.29) is 17.1 Å². The zero-order chi connectivity index (χ0) is 21.1.